The van der Waals surface area contributed by atoms with Gasteiger partial charge in [0.05, 0.1) is 6.54 Å². The molecule has 0 bridgehead atoms. The number of nitrogens with zero attached hydrogens (tertiary/aromatic N) is 3. The van der Waals surface area contributed by atoms with Gasteiger partial charge in [0.2, 0.25) is 5.91 Å². The fourth-order valence-corrected chi connectivity index (χ4v) is 2.48. The van der Waals surface area contributed by atoms with Crippen molar-refractivity contribution in [1.82, 2.24) is 14.7 Å². The van der Waals surface area contributed by atoms with Crippen molar-refractivity contribution in [2.75, 3.05) is 53.4 Å². The topological polar surface area (TPSA) is 52.8 Å². The van der Waals surface area contributed by atoms with Crippen LogP contribution in [0.4, 0.5) is 0 Å². The summed E-state index contributed by atoms with van der Waals surface area (Å²) in [6, 6.07) is 0.321. The van der Waals surface area contributed by atoms with Crippen LogP contribution in [0, 0.1) is 5.92 Å². The standard InChI is InChI=1S/C15H32N4O/c1-13(2)11-19(10-9-17(3)4)15(20)12-18-7-5-14(16)6-8-18/h13-14H,5-12,16H2,1-4H3. The Hall–Kier alpha value is -0.650. The second-order valence-corrected chi connectivity index (χ2v) is 6.65. The molecule has 0 aromatic carbocycles. The van der Waals surface area contributed by atoms with Crippen LogP contribution < -0.4 is 5.73 Å². The molecule has 1 aliphatic rings. The molecular weight excluding hydrogens is 252 g/mol. The molecule has 0 aromatic heterocycles. The Labute approximate surface area is 124 Å². The van der Waals surface area contributed by atoms with E-state index in [0.717, 1.165) is 45.6 Å². The zero-order valence-corrected chi connectivity index (χ0v) is 13.6. The third-order valence-corrected chi connectivity index (χ3v) is 3.75. The molecule has 0 unspecified atom stereocenters. The highest BCUT2D eigenvalue weighted by Gasteiger charge is 2.21. The molecule has 0 radical (unpaired) electrons. The Bertz CT molecular complexity index is 286. The van der Waals surface area contributed by atoms with Crippen LogP contribution in [0.3, 0.4) is 0 Å². The smallest absolute Gasteiger partial charge is 0.236 e. The molecule has 1 saturated heterocycles. The number of carbonyl (C=O) groups excluding carboxylic acids is 1. The number of hydrogen-bond donors (Lipinski definition) is 1. The summed E-state index contributed by atoms with van der Waals surface area (Å²) in [6.07, 6.45) is 2.02. The van der Waals surface area contributed by atoms with Crippen molar-refractivity contribution in [1.29, 1.82) is 0 Å². The summed E-state index contributed by atoms with van der Waals surface area (Å²) < 4.78 is 0. The molecule has 118 valence electrons. The van der Waals surface area contributed by atoms with Gasteiger partial charge in [-0.3, -0.25) is 9.69 Å². The molecule has 1 aliphatic heterocycles. The number of amides is 1. The Balaban J connectivity index is 2.45. The molecule has 0 aliphatic carbocycles. The third-order valence-electron chi connectivity index (χ3n) is 3.75. The summed E-state index contributed by atoms with van der Waals surface area (Å²) in [6.45, 7) is 9.37. The maximum Gasteiger partial charge on any atom is 0.236 e. The maximum atomic E-state index is 12.5. The van der Waals surface area contributed by atoms with Gasteiger partial charge in [-0.15, -0.1) is 0 Å². The zero-order valence-electron chi connectivity index (χ0n) is 13.6. The fourth-order valence-electron chi connectivity index (χ4n) is 2.48. The summed E-state index contributed by atoms with van der Waals surface area (Å²) in [5.74, 6) is 0.770. The number of carbonyl (C=O) groups is 1. The summed E-state index contributed by atoms with van der Waals surface area (Å²) >= 11 is 0. The third kappa shape index (κ3) is 6.68. The van der Waals surface area contributed by atoms with E-state index in [1.165, 1.54) is 0 Å². The second-order valence-electron chi connectivity index (χ2n) is 6.65. The molecule has 1 rings (SSSR count). The molecule has 0 saturated carbocycles. The zero-order chi connectivity index (χ0) is 15.1. The average molecular weight is 284 g/mol. The predicted octanol–water partition coefficient (Wildman–Crippen LogP) is 0.456. The SMILES string of the molecule is CC(C)CN(CCN(C)C)C(=O)CN1CCC(N)CC1. The van der Waals surface area contributed by atoms with Crippen LogP contribution in [0.1, 0.15) is 26.7 Å². The highest BCUT2D eigenvalue weighted by molar-refractivity contribution is 5.78. The summed E-state index contributed by atoms with van der Waals surface area (Å²) in [5, 5.41) is 0. The molecule has 2 N–H and O–H groups in total. The molecule has 20 heavy (non-hydrogen) atoms. The second kappa shape index (κ2) is 8.60. The van der Waals surface area contributed by atoms with Crippen molar-refractivity contribution in [3.63, 3.8) is 0 Å². The van der Waals surface area contributed by atoms with Crippen LogP contribution in [-0.2, 0) is 4.79 Å². The van der Waals surface area contributed by atoms with Gasteiger partial charge in [0.15, 0.2) is 0 Å². The lowest BCUT2D eigenvalue weighted by Gasteiger charge is -2.32. The first-order valence-electron chi connectivity index (χ1n) is 7.79. The Morgan fingerprint density at radius 3 is 2.35 bits per heavy atom. The van der Waals surface area contributed by atoms with E-state index in [9.17, 15) is 4.79 Å². The van der Waals surface area contributed by atoms with Crippen LogP contribution in [0.15, 0.2) is 0 Å². The van der Waals surface area contributed by atoms with E-state index in [2.05, 4.69) is 23.6 Å². The van der Waals surface area contributed by atoms with Crippen LogP contribution in [-0.4, -0.2) is 80.0 Å². The van der Waals surface area contributed by atoms with E-state index in [0.29, 0.717) is 18.5 Å². The molecule has 1 amide bonds. The molecule has 0 aromatic rings. The lowest BCUT2D eigenvalue weighted by atomic mass is 10.1. The van der Waals surface area contributed by atoms with Gasteiger partial charge in [0.25, 0.3) is 0 Å². The van der Waals surface area contributed by atoms with E-state index in [1.54, 1.807) is 0 Å². The fraction of sp³-hybridized carbons (Fsp3) is 0.933. The minimum Gasteiger partial charge on any atom is -0.340 e. The van der Waals surface area contributed by atoms with E-state index in [4.69, 9.17) is 5.73 Å². The number of rotatable bonds is 7. The summed E-state index contributed by atoms with van der Waals surface area (Å²) in [4.78, 5) is 18.9. The van der Waals surface area contributed by atoms with Crippen LogP contribution in [0.2, 0.25) is 0 Å². The monoisotopic (exact) mass is 284 g/mol. The van der Waals surface area contributed by atoms with Gasteiger partial charge in [-0.25, -0.2) is 0 Å². The van der Waals surface area contributed by atoms with Gasteiger partial charge in [-0.1, -0.05) is 13.8 Å². The highest BCUT2D eigenvalue weighted by Crippen LogP contribution is 2.09. The van der Waals surface area contributed by atoms with Crippen molar-refractivity contribution < 1.29 is 4.79 Å². The maximum absolute atomic E-state index is 12.5. The Morgan fingerprint density at radius 1 is 1.25 bits per heavy atom. The largest absolute Gasteiger partial charge is 0.340 e. The van der Waals surface area contributed by atoms with Crippen LogP contribution in [0.5, 0.6) is 0 Å². The highest BCUT2D eigenvalue weighted by atomic mass is 16.2. The number of likely N-dealkylation sites (tertiary alicyclic amines) is 1. The molecule has 5 heteroatoms. The molecule has 0 spiro atoms. The van der Waals surface area contributed by atoms with E-state index in [-0.39, 0.29) is 5.91 Å². The molecule has 0 atom stereocenters. The van der Waals surface area contributed by atoms with Gasteiger partial charge in [-0.2, -0.15) is 0 Å². The summed E-state index contributed by atoms with van der Waals surface area (Å²) in [5.41, 5.74) is 5.91. The van der Waals surface area contributed by atoms with Crippen molar-refractivity contribution in [2.24, 2.45) is 11.7 Å². The quantitative estimate of drug-likeness (QED) is 0.738. The van der Waals surface area contributed by atoms with Crippen molar-refractivity contribution >= 4 is 5.91 Å². The van der Waals surface area contributed by atoms with Crippen LogP contribution >= 0.6 is 0 Å². The van der Waals surface area contributed by atoms with E-state index < -0.39 is 0 Å². The number of piperidine rings is 1. The van der Waals surface area contributed by atoms with E-state index >= 15 is 0 Å². The van der Waals surface area contributed by atoms with Gasteiger partial charge >= 0.3 is 0 Å². The lowest BCUT2D eigenvalue weighted by Crippen LogP contribution is -2.47. The Morgan fingerprint density at radius 2 is 1.85 bits per heavy atom. The van der Waals surface area contributed by atoms with Gasteiger partial charge in [-0.05, 0) is 32.9 Å². The lowest BCUT2D eigenvalue weighted by molar-refractivity contribution is -0.133. The van der Waals surface area contributed by atoms with E-state index in [1.807, 2.05) is 19.0 Å². The van der Waals surface area contributed by atoms with Crippen molar-refractivity contribution in [3.8, 4) is 0 Å². The minimum absolute atomic E-state index is 0.260. The molecule has 1 heterocycles. The first-order valence-corrected chi connectivity index (χ1v) is 7.79. The predicted molar refractivity (Wildman–Crippen MR) is 83.6 cm³/mol. The van der Waals surface area contributed by atoms with Crippen molar-refractivity contribution in [3.05, 3.63) is 0 Å². The van der Waals surface area contributed by atoms with Crippen molar-refractivity contribution in [2.45, 2.75) is 32.7 Å². The minimum atomic E-state index is 0.260. The molecule has 1 fully saturated rings. The van der Waals surface area contributed by atoms with Crippen LogP contribution in [0.25, 0.3) is 0 Å². The number of likely N-dealkylation sites (N-methyl/N-ethyl adjacent to an activating group) is 1. The first-order chi connectivity index (χ1) is 9.38. The number of hydrogen-bond acceptors (Lipinski definition) is 4. The average Bonchev–Trinajstić information content (AvgIpc) is 2.36. The van der Waals surface area contributed by atoms with Gasteiger partial charge in [0, 0.05) is 38.8 Å². The van der Waals surface area contributed by atoms with Gasteiger partial charge < -0.3 is 15.5 Å². The molecular formula is C15H32N4O. The Kier molecular flexibility index (Phi) is 7.48. The number of nitrogens with two attached hydrogens (primary N) is 1. The normalized spacial score (nSPS) is 17.9. The molecule has 5 nitrogen and oxygen atoms in total. The van der Waals surface area contributed by atoms with Gasteiger partial charge in [0.1, 0.15) is 0 Å². The first kappa shape index (κ1) is 17.4. The summed E-state index contributed by atoms with van der Waals surface area (Å²) in [7, 11) is 4.09.